The van der Waals surface area contributed by atoms with E-state index in [-0.39, 0.29) is 29.0 Å². The molecular formula is C8H9N3O4S. The van der Waals surface area contributed by atoms with Gasteiger partial charge in [0.2, 0.25) is 11.9 Å². The molecular weight excluding hydrogens is 234 g/mol. The van der Waals surface area contributed by atoms with E-state index in [0.717, 1.165) is 10.8 Å². The van der Waals surface area contributed by atoms with Crippen LogP contribution in [-0.2, 0) is 21.2 Å². The Morgan fingerprint density at radius 1 is 1.38 bits per heavy atom. The van der Waals surface area contributed by atoms with Crippen molar-refractivity contribution >= 4 is 21.7 Å². The second kappa shape index (κ2) is 3.14. The summed E-state index contributed by atoms with van der Waals surface area (Å²) in [7, 11) is -3.64. The van der Waals surface area contributed by atoms with Crippen LogP contribution in [0.25, 0.3) is 0 Å². The Labute approximate surface area is 91.0 Å². The van der Waals surface area contributed by atoms with Crippen molar-refractivity contribution in [3.8, 4) is 0 Å². The molecule has 0 spiro atoms. The van der Waals surface area contributed by atoms with Crippen molar-refractivity contribution in [1.29, 1.82) is 0 Å². The van der Waals surface area contributed by atoms with Gasteiger partial charge in [-0.25, -0.2) is 13.4 Å². The Morgan fingerprint density at radius 3 is 2.56 bits per heavy atom. The lowest BCUT2D eigenvalue weighted by Crippen LogP contribution is -2.27. The van der Waals surface area contributed by atoms with Crippen LogP contribution in [0.5, 0.6) is 0 Å². The molecule has 1 aromatic rings. The fourth-order valence-corrected chi connectivity index (χ4v) is 2.63. The van der Waals surface area contributed by atoms with E-state index in [1.807, 2.05) is 0 Å². The highest BCUT2D eigenvalue weighted by atomic mass is 32.2. The van der Waals surface area contributed by atoms with Gasteiger partial charge in [-0.15, -0.1) is 0 Å². The molecule has 8 heteroatoms. The summed E-state index contributed by atoms with van der Waals surface area (Å²) in [5.41, 5.74) is -0.607. The first kappa shape index (κ1) is 10.8. The fraction of sp³-hybridized carbons (Fsp3) is 0.375. The van der Waals surface area contributed by atoms with Gasteiger partial charge < -0.3 is 0 Å². The second-order valence-electron chi connectivity index (χ2n) is 3.56. The van der Waals surface area contributed by atoms with Crippen molar-refractivity contribution < 1.29 is 13.2 Å². The highest BCUT2D eigenvalue weighted by molar-refractivity contribution is 7.90. The summed E-state index contributed by atoms with van der Waals surface area (Å²) in [6, 6.07) is 0. The summed E-state index contributed by atoms with van der Waals surface area (Å²) in [6.07, 6.45) is 0.940. The van der Waals surface area contributed by atoms with Gasteiger partial charge in [-0.05, 0) is 6.92 Å². The third kappa shape index (κ3) is 1.51. The van der Waals surface area contributed by atoms with Crippen molar-refractivity contribution in [3.05, 3.63) is 16.0 Å². The van der Waals surface area contributed by atoms with E-state index in [1.165, 1.54) is 6.92 Å². The van der Waals surface area contributed by atoms with E-state index in [0.29, 0.717) is 0 Å². The SMILES string of the molecule is Cc1nc2n(c(=O)c1S(C)(=O)=O)CC(=O)N2. The van der Waals surface area contributed by atoms with Crippen molar-refractivity contribution in [1.82, 2.24) is 9.55 Å². The molecule has 1 aromatic heterocycles. The monoisotopic (exact) mass is 243 g/mol. The van der Waals surface area contributed by atoms with Crippen LogP contribution in [-0.4, -0.2) is 30.1 Å². The Bertz CT molecular complexity index is 644. The van der Waals surface area contributed by atoms with Crippen LogP contribution in [0.4, 0.5) is 5.95 Å². The predicted octanol–water partition coefficient (Wildman–Crippen LogP) is -1.09. The molecule has 0 saturated carbocycles. The van der Waals surface area contributed by atoms with Crippen molar-refractivity contribution in [2.24, 2.45) is 0 Å². The lowest BCUT2D eigenvalue weighted by Gasteiger charge is -2.06. The van der Waals surface area contributed by atoms with Gasteiger partial charge in [0.05, 0.1) is 5.69 Å². The summed E-state index contributed by atoms with van der Waals surface area (Å²) >= 11 is 0. The van der Waals surface area contributed by atoms with E-state index in [4.69, 9.17) is 0 Å². The largest absolute Gasteiger partial charge is 0.294 e. The molecule has 0 unspecified atom stereocenters. The maximum atomic E-state index is 11.8. The van der Waals surface area contributed by atoms with E-state index in [1.54, 1.807) is 0 Å². The molecule has 1 aliphatic rings. The molecule has 1 aliphatic heterocycles. The topological polar surface area (TPSA) is 98.1 Å². The first-order valence-electron chi connectivity index (χ1n) is 4.42. The minimum absolute atomic E-state index is 0.0971. The number of nitrogens with one attached hydrogen (secondary N) is 1. The molecule has 1 N–H and O–H groups in total. The highest BCUT2D eigenvalue weighted by Crippen LogP contribution is 2.14. The normalized spacial score (nSPS) is 14.8. The van der Waals surface area contributed by atoms with Gasteiger partial charge >= 0.3 is 0 Å². The van der Waals surface area contributed by atoms with Gasteiger partial charge in [-0.2, -0.15) is 0 Å². The number of aromatic nitrogens is 2. The van der Waals surface area contributed by atoms with E-state index in [2.05, 4.69) is 10.3 Å². The zero-order chi connectivity index (χ0) is 12.1. The van der Waals surface area contributed by atoms with Crippen LogP contribution in [0.15, 0.2) is 9.69 Å². The zero-order valence-corrected chi connectivity index (χ0v) is 9.46. The standard InChI is InChI=1S/C8H9N3O4S/c1-4-6(16(2,14)15)7(13)11-3-5(12)10-8(11)9-4/h3H2,1-2H3,(H,9,10,12). The van der Waals surface area contributed by atoms with E-state index >= 15 is 0 Å². The average Bonchev–Trinajstić information content (AvgIpc) is 2.43. The Hall–Kier alpha value is -1.70. The Kier molecular flexibility index (Phi) is 2.12. The number of fused-ring (bicyclic) bond motifs is 1. The van der Waals surface area contributed by atoms with E-state index < -0.39 is 15.4 Å². The average molecular weight is 243 g/mol. The molecule has 16 heavy (non-hydrogen) atoms. The van der Waals surface area contributed by atoms with Crippen LogP contribution < -0.4 is 10.9 Å². The summed E-state index contributed by atoms with van der Waals surface area (Å²) in [6.45, 7) is 1.23. The molecule has 1 amide bonds. The quantitative estimate of drug-likeness (QED) is 0.675. The Morgan fingerprint density at radius 2 is 2.00 bits per heavy atom. The van der Waals surface area contributed by atoms with Crippen LogP contribution in [0, 0.1) is 6.92 Å². The molecule has 2 rings (SSSR count). The van der Waals surface area contributed by atoms with Gasteiger partial charge in [0.25, 0.3) is 5.56 Å². The second-order valence-corrected chi connectivity index (χ2v) is 5.51. The number of aryl methyl sites for hydroxylation is 1. The molecule has 86 valence electrons. The number of nitrogens with zero attached hydrogens (tertiary/aromatic N) is 2. The van der Waals surface area contributed by atoms with Gasteiger partial charge in [0.15, 0.2) is 14.7 Å². The van der Waals surface area contributed by atoms with Crippen molar-refractivity contribution in [3.63, 3.8) is 0 Å². The zero-order valence-electron chi connectivity index (χ0n) is 8.64. The maximum absolute atomic E-state index is 11.8. The molecule has 0 saturated heterocycles. The number of amides is 1. The van der Waals surface area contributed by atoms with Crippen LogP contribution in [0.2, 0.25) is 0 Å². The van der Waals surface area contributed by atoms with Gasteiger partial charge in [0.1, 0.15) is 6.54 Å². The summed E-state index contributed by atoms with van der Waals surface area (Å²) < 4.78 is 23.8. The molecule has 0 atom stereocenters. The minimum atomic E-state index is -3.64. The smallest absolute Gasteiger partial charge is 0.274 e. The fourth-order valence-electron chi connectivity index (χ4n) is 1.62. The van der Waals surface area contributed by atoms with Gasteiger partial charge in [-0.1, -0.05) is 0 Å². The van der Waals surface area contributed by atoms with Crippen LogP contribution >= 0.6 is 0 Å². The third-order valence-corrected chi connectivity index (χ3v) is 3.43. The van der Waals surface area contributed by atoms with Crippen LogP contribution in [0.1, 0.15) is 5.69 Å². The number of carbonyl (C=O) groups is 1. The molecule has 0 aromatic carbocycles. The third-order valence-electron chi connectivity index (χ3n) is 2.22. The van der Waals surface area contributed by atoms with Gasteiger partial charge in [0, 0.05) is 6.26 Å². The molecule has 0 fully saturated rings. The number of anilines is 1. The Balaban J connectivity index is 2.83. The lowest BCUT2D eigenvalue weighted by molar-refractivity contribution is -0.115. The maximum Gasteiger partial charge on any atom is 0.274 e. The molecule has 2 heterocycles. The van der Waals surface area contributed by atoms with Crippen molar-refractivity contribution in [2.75, 3.05) is 11.6 Å². The first-order chi connectivity index (χ1) is 7.30. The number of hydrogen-bond donors (Lipinski definition) is 1. The van der Waals surface area contributed by atoms with Crippen LogP contribution in [0.3, 0.4) is 0 Å². The predicted molar refractivity (Wildman–Crippen MR) is 55.0 cm³/mol. The number of sulfone groups is 1. The summed E-state index contributed by atoms with van der Waals surface area (Å²) in [5, 5.41) is 2.38. The van der Waals surface area contributed by atoms with Gasteiger partial charge in [-0.3, -0.25) is 19.5 Å². The molecule has 7 nitrogen and oxygen atoms in total. The van der Waals surface area contributed by atoms with Crippen molar-refractivity contribution in [2.45, 2.75) is 18.4 Å². The number of carbonyl (C=O) groups excluding carboxylic acids is 1. The highest BCUT2D eigenvalue weighted by Gasteiger charge is 2.26. The first-order valence-corrected chi connectivity index (χ1v) is 6.31. The molecule has 0 radical (unpaired) electrons. The molecule has 0 bridgehead atoms. The number of hydrogen-bond acceptors (Lipinski definition) is 5. The summed E-state index contributed by atoms with van der Waals surface area (Å²) in [4.78, 5) is 26.4. The minimum Gasteiger partial charge on any atom is -0.294 e. The van der Waals surface area contributed by atoms with E-state index in [9.17, 15) is 18.0 Å². The number of rotatable bonds is 1. The summed E-state index contributed by atoms with van der Waals surface area (Å²) in [5.74, 6) is -0.283. The molecule has 0 aliphatic carbocycles. The lowest BCUT2D eigenvalue weighted by atomic mass is 10.4.